The minimum absolute atomic E-state index is 0.329. The molecule has 1 aromatic carbocycles. The molecular weight excluding hydrogens is 326 g/mol. The van der Waals surface area contributed by atoms with Gasteiger partial charge in [0.05, 0.1) is 10.6 Å². The van der Waals surface area contributed by atoms with Crippen molar-refractivity contribution in [3.63, 3.8) is 0 Å². The van der Waals surface area contributed by atoms with Gasteiger partial charge in [-0.2, -0.15) is 0 Å². The summed E-state index contributed by atoms with van der Waals surface area (Å²) in [5, 5.41) is 6.58. The fraction of sp³-hybridized carbons (Fsp3) is 0.417. The van der Waals surface area contributed by atoms with Gasteiger partial charge in [0.1, 0.15) is 4.90 Å². The Hall–Kier alpha value is -1.25. The molecule has 1 aliphatic rings. The third-order valence-electron chi connectivity index (χ3n) is 3.45. The molecule has 9 heteroatoms. The number of amides is 1. The summed E-state index contributed by atoms with van der Waals surface area (Å²) in [6, 6.07) is 0.554. The molecule has 0 heterocycles. The molecule has 21 heavy (non-hydrogen) atoms. The van der Waals surface area contributed by atoms with E-state index in [1.807, 2.05) is 6.92 Å². The molecule has 1 amide bonds. The first-order chi connectivity index (χ1) is 9.62. The van der Waals surface area contributed by atoms with E-state index in [0.717, 1.165) is 6.42 Å². The van der Waals surface area contributed by atoms with Crippen LogP contribution < -0.4 is 10.5 Å². The lowest BCUT2D eigenvalue weighted by Crippen LogP contribution is -2.27. The van der Waals surface area contributed by atoms with E-state index in [4.69, 9.17) is 16.7 Å². The first kappa shape index (κ1) is 16.1. The van der Waals surface area contributed by atoms with Crippen molar-refractivity contribution in [1.82, 2.24) is 5.32 Å². The number of halogens is 3. The van der Waals surface area contributed by atoms with E-state index in [1.165, 1.54) is 0 Å². The average molecular weight is 339 g/mol. The summed E-state index contributed by atoms with van der Waals surface area (Å²) < 4.78 is 49.5. The van der Waals surface area contributed by atoms with Gasteiger partial charge in [0.2, 0.25) is 10.0 Å². The van der Waals surface area contributed by atoms with Gasteiger partial charge in [0.25, 0.3) is 5.91 Å². The van der Waals surface area contributed by atoms with E-state index in [2.05, 4.69) is 5.32 Å². The van der Waals surface area contributed by atoms with Crippen LogP contribution in [0.25, 0.3) is 0 Å². The molecule has 2 atom stereocenters. The number of hydrogen-bond acceptors (Lipinski definition) is 3. The van der Waals surface area contributed by atoms with E-state index in [9.17, 15) is 22.0 Å². The van der Waals surface area contributed by atoms with Gasteiger partial charge in [0, 0.05) is 6.54 Å². The summed E-state index contributed by atoms with van der Waals surface area (Å²) in [4.78, 5) is 10.7. The summed E-state index contributed by atoms with van der Waals surface area (Å²) in [6.07, 6.45) is 0.966. The highest BCUT2D eigenvalue weighted by Gasteiger charge is 2.33. The molecule has 0 radical (unpaired) electrons. The van der Waals surface area contributed by atoms with Gasteiger partial charge in [-0.25, -0.2) is 22.3 Å². The molecule has 0 aromatic heterocycles. The Balaban J connectivity index is 2.35. The second-order valence-corrected chi connectivity index (χ2v) is 6.97. The molecule has 1 fully saturated rings. The van der Waals surface area contributed by atoms with Crippen molar-refractivity contribution in [2.75, 3.05) is 6.54 Å². The van der Waals surface area contributed by atoms with Gasteiger partial charge in [-0.1, -0.05) is 18.5 Å². The van der Waals surface area contributed by atoms with E-state index in [1.54, 1.807) is 0 Å². The van der Waals surface area contributed by atoms with Crippen molar-refractivity contribution >= 4 is 27.5 Å². The first-order valence-corrected chi connectivity index (χ1v) is 8.03. The second kappa shape index (κ2) is 5.51. The van der Waals surface area contributed by atoms with Crippen LogP contribution in [0.5, 0.6) is 0 Å². The molecule has 116 valence electrons. The Kier molecular flexibility index (Phi) is 4.23. The van der Waals surface area contributed by atoms with Crippen molar-refractivity contribution in [3.8, 4) is 0 Å². The molecule has 2 rings (SSSR count). The van der Waals surface area contributed by atoms with Gasteiger partial charge >= 0.3 is 0 Å². The molecule has 5 nitrogen and oxygen atoms in total. The van der Waals surface area contributed by atoms with Crippen LogP contribution in [0.4, 0.5) is 8.78 Å². The summed E-state index contributed by atoms with van der Waals surface area (Å²) in [5.41, 5.74) is -0.465. The molecule has 0 saturated heterocycles. The Labute approximate surface area is 125 Å². The van der Waals surface area contributed by atoms with Crippen molar-refractivity contribution in [1.29, 1.82) is 0 Å². The average Bonchev–Trinajstić information content (AvgIpc) is 3.05. The zero-order valence-electron chi connectivity index (χ0n) is 11.0. The predicted molar refractivity (Wildman–Crippen MR) is 72.3 cm³/mol. The number of primary sulfonamides is 1. The number of rotatable bonds is 4. The maximum Gasteiger partial charge on any atom is 0.252 e. The minimum Gasteiger partial charge on any atom is -0.352 e. The van der Waals surface area contributed by atoms with E-state index in [-0.39, 0.29) is 0 Å². The minimum atomic E-state index is -4.60. The van der Waals surface area contributed by atoms with Crippen molar-refractivity contribution in [2.45, 2.75) is 18.2 Å². The Morgan fingerprint density at radius 2 is 2.10 bits per heavy atom. The molecule has 3 N–H and O–H groups in total. The highest BCUT2D eigenvalue weighted by atomic mass is 35.5. The fourth-order valence-electron chi connectivity index (χ4n) is 2.00. The highest BCUT2D eigenvalue weighted by molar-refractivity contribution is 7.89. The van der Waals surface area contributed by atoms with E-state index in [0.29, 0.717) is 24.4 Å². The fourth-order valence-corrected chi connectivity index (χ4v) is 3.25. The molecule has 1 aliphatic carbocycles. The first-order valence-electron chi connectivity index (χ1n) is 6.11. The van der Waals surface area contributed by atoms with Gasteiger partial charge in [-0.3, -0.25) is 4.79 Å². The lowest BCUT2D eigenvalue weighted by molar-refractivity contribution is 0.0950. The largest absolute Gasteiger partial charge is 0.352 e. The number of hydrogen-bond donors (Lipinski definition) is 2. The van der Waals surface area contributed by atoms with Gasteiger partial charge in [-0.15, -0.1) is 0 Å². The quantitative estimate of drug-likeness (QED) is 0.818. The topological polar surface area (TPSA) is 89.3 Å². The molecule has 0 spiro atoms. The smallest absolute Gasteiger partial charge is 0.252 e. The predicted octanol–water partition coefficient (Wildman–Crippen LogP) is 1.65. The lowest BCUT2D eigenvalue weighted by atomic mass is 10.2. The highest BCUT2D eigenvalue weighted by Crippen LogP contribution is 2.37. The summed E-state index contributed by atoms with van der Waals surface area (Å²) in [5.74, 6) is -3.16. The van der Waals surface area contributed by atoms with Crippen LogP contribution >= 0.6 is 11.6 Å². The third-order valence-corrected chi connectivity index (χ3v) is 4.90. The maximum absolute atomic E-state index is 13.5. The molecule has 2 unspecified atom stereocenters. The second-order valence-electron chi connectivity index (χ2n) is 5.09. The molecule has 0 bridgehead atoms. The van der Waals surface area contributed by atoms with Gasteiger partial charge < -0.3 is 5.32 Å². The van der Waals surface area contributed by atoms with E-state index < -0.39 is 43.0 Å². The SMILES string of the molecule is CC1CC1CNC(=O)c1cc(F)c(F)c(S(N)(=O)=O)c1Cl. The van der Waals surface area contributed by atoms with Crippen LogP contribution in [0.1, 0.15) is 23.7 Å². The standard InChI is InChI=1S/C12H13ClF2N2O3S/c1-5-2-6(5)4-17-12(18)7-3-8(14)10(15)11(9(7)13)21(16,19)20/h3,5-6H,2,4H2,1H3,(H,17,18)(H2,16,19,20). The number of nitrogens with one attached hydrogen (secondary N) is 1. The molecular formula is C12H13ClF2N2O3S. The molecule has 1 aromatic rings. The van der Waals surface area contributed by atoms with Crippen molar-refractivity contribution < 1.29 is 22.0 Å². The number of sulfonamides is 1. The number of benzene rings is 1. The zero-order chi connectivity index (χ0) is 15.9. The Bertz CT molecular complexity index is 709. The van der Waals surface area contributed by atoms with Crippen LogP contribution in [0.15, 0.2) is 11.0 Å². The Morgan fingerprint density at radius 3 is 2.57 bits per heavy atom. The summed E-state index contributed by atoms with van der Waals surface area (Å²) in [6.45, 7) is 2.38. The van der Waals surface area contributed by atoms with Crippen LogP contribution in [-0.4, -0.2) is 20.9 Å². The number of nitrogens with two attached hydrogens (primary N) is 1. The monoisotopic (exact) mass is 338 g/mol. The molecule has 0 aliphatic heterocycles. The van der Waals surface area contributed by atoms with E-state index >= 15 is 0 Å². The number of carbonyl (C=O) groups is 1. The van der Waals surface area contributed by atoms with Crippen LogP contribution in [0.3, 0.4) is 0 Å². The van der Waals surface area contributed by atoms with Crippen LogP contribution in [0.2, 0.25) is 5.02 Å². The van der Waals surface area contributed by atoms with Gasteiger partial charge in [-0.05, 0) is 24.3 Å². The zero-order valence-corrected chi connectivity index (χ0v) is 12.6. The van der Waals surface area contributed by atoms with Crippen LogP contribution in [-0.2, 0) is 10.0 Å². The lowest BCUT2D eigenvalue weighted by Gasteiger charge is -2.10. The third kappa shape index (κ3) is 3.33. The Morgan fingerprint density at radius 1 is 1.52 bits per heavy atom. The van der Waals surface area contributed by atoms with Crippen molar-refractivity contribution in [2.24, 2.45) is 17.0 Å². The van der Waals surface area contributed by atoms with Crippen molar-refractivity contribution in [3.05, 3.63) is 28.3 Å². The molecule has 1 saturated carbocycles. The maximum atomic E-state index is 13.5. The van der Waals surface area contributed by atoms with Crippen LogP contribution in [0, 0.1) is 23.5 Å². The summed E-state index contributed by atoms with van der Waals surface area (Å²) >= 11 is 5.70. The summed E-state index contributed by atoms with van der Waals surface area (Å²) in [7, 11) is -4.60. The van der Waals surface area contributed by atoms with Gasteiger partial charge in [0.15, 0.2) is 11.6 Å². The normalized spacial score (nSPS) is 21.2. The number of carbonyl (C=O) groups excluding carboxylic acids is 1.